The summed E-state index contributed by atoms with van der Waals surface area (Å²) in [5.74, 6) is -3.59. The number of anilines is 1. The molecule has 47 heavy (non-hydrogen) atoms. The number of aliphatic hydroxyl groups is 1. The number of nitrogens with two attached hydrogens (primary N) is 1. The Morgan fingerprint density at radius 3 is 2.28 bits per heavy atom. The lowest BCUT2D eigenvalue weighted by Crippen LogP contribution is -2.71. The first-order valence-corrected chi connectivity index (χ1v) is 16.5. The fraction of sp³-hybridized carbons (Fsp3) is 0.323. The lowest BCUT2D eigenvalue weighted by Gasteiger charge is -2.49. The molecule has 6 rings (SSSR count). The second-order valence-electron chi connectivity index (χ2n) is 11.1. The quantitative estimate of drug-likeness (QED) is 0.0997. The average molecular weight is 679 g/mol. The Morgan fingerprint density at radius 2 is 1.72 bits per heavy atom. The van der Waals surface area contributed by atoms with Gasteiger partial charge in [-0.1, -0.05) is 65.8 Å². The maximum Gasteiger partial charge on any atom is 0.354 e. The zero-order valence-electron chi connectivity index (χ0n) is 24.8. The lowest BCUT2D eigenvalue weighted by molar-refractivity contribution is -0.176. The highest BCUT2D eigenvalue weighted by Crippen LogP contribution is 2.41. The molecule has 5 N–H and O–H groups in total. The van der Waals surface area contributed by atoms with E-state index in [-0.39, 0.29) is 40.8 Å². The number of amides is 2. The minimum absolute atomic E-state index is 0.0468. The number of fused-ring (bicyclic) bond motifs is 1. The molecule has 0 bridgehead atoms. The Labute approximate surface area is 276 Å². The average Bonchev–Trinajstić information content (AvgIpc) is 3.76. The van der Waals surface area contributed by atoms with Gasteiger partial charge in [0.05, 0.1) is 6.61 Å². The molecule has 2 amide bonds. The molecule has 0 spiro atoms. The van der Waals surface area contributed by atoms with Crippen LogP contribution in [0.4, 0.5) is 5.13 Å². The number of nitrogen functional groups attached to an aromatic ring is 1. The maximum absolute atomic E-state index is 13.9. The smallest absolute Gasteiger partial charge is 0.354 e. The Hall–Kier alpha value is -4.80. The molecule has 2 fully saturated rings. The van der Waals surface area contributed by atoms with Gasteiger partial charge in [0.15, 0.2) is 11.2 Å². The Morgan fingerprint density at radius 1 is 1.09 bits per heavy atom. The summed E-state index contributed by atoms with van der Waals surface area (Å²) in [6.45, 7) is -0.519. The number of nitrogens with one attached hydrogen (secondary N) is 1. The number of aromatic nitrogens is 2. The molecule has 244 valence electrons. The SMILES string of the molecule is Nc1nc(/C(=N/OC2(C(=O)OC(c3ccccc3)c3ccccc3)CCCC2)C(=O)N[C@@H]2C(=O)N3C(C(=O)O)=C(CO)CS[C@H]23)ns1. The number of nitrogens with zero attached hydrogens (tertiary/aromatic N) is 4. The molecule has 3 aliphatic rings. The van der Waals surface area contributed by atoms with Crippen molar-refractivity contribution in [3.05, 3.63) is 88.9 Å². The molecular formula is C31H30N6O8S2. The zero-order chi connectivity index (χ0) is 33.1. The minimum Gasteiger partial charge on any atom is -0.477 e. The standard InChI is InChI=1S/C31H30N6O8S2/c32-30-34-24(36-47-30)20(25(39)33-21-26(40)37-22(28(41)42)19(15-38)16-46-27(21)37)35-45-31(13-7-8-14-31)29(43)44-23(17-9-3-1-4-10-17)18-11-5-2-6-12-18/h1-6,9-12,21,23,27,38H,7-8,13-16H2,(H,33,39)(H,41,42)(H2,32,34,36)/b35-20-/t21-,27-/m1/s1. The van der Waals surface area contributed by atoms with Crippen molar-refractivity contribution >= 4 is 57.9 Å². The molecular weight excluding hydrogens is 649 g/mol. The van der Waals surface area contributed by atoms with Crippen LogP contribution in [-0.4, -0.2) is 83.3 Å². The number of carboxylic acids is 1. The van der Waals surface area contributed by atoms with E-state index >= 15 is 0 Å². The van der Waals surface area contributed by atoms with Gasteiger partial charge in [0.25, 0.3) is 11.8 Å². The second kappa shape index (κ2) is 13.5. The molecule has 2 aliphatic heterocycles. The van der Waals surface area contributed by atoms with Crippen LogP contribution in [0.3, 0.4) is 0 Å². The Bertz CT molecular complexity index is 1700. The van der Waals surface area contributed by atoms with Crippen molar-refractivity contribution < 1.29 is 39.0 Å². The van der Waals surface area contributed by atoms with E-state index in [1.165, 1.54) is 11.8 Å². The van der Waals surface area contributed by atoms with Crippen LogP contribution in [0, 0.1) is 0 Å². The van der Waals surface area contributed by atoms with Gasteiger partial charge in [0.1, 0.15) is 17.1 Å². The summed E-state index contributed by atoms with van der Waals surface area (Å²) in [5, 5.41) is 25.2. The van der Waals surface area contributed by atoms with Crippen LogP contribution < -0.4 is 11.1 Å². The molecule has 0 radical (unpaired) electrons. The van der Waals surface area contributed by atoms with Gasteiger partial charge in [-0.3, -0.25) is 14.5 Å². The molecule has 1 saturated carbocycles. The first-order valence-electron chi connectivity index (χ1n) is 14.7. The lowest BCUT2D eigenvalue weighted by atomic mass is 9.99. The summed E-state index contributed by atoms with van der Waals surface area (Å²) >= 11 is 2.01. The summed E-state index contributed by atoms with van der Waals surface area (Å²) in [6, 6.07) is 17.5. The van der Waals surface area contributed by atoms with Crippen LogP contribution in [0.1, 0.15) is 48.7 Å². The number of hydrogen-bond donors (Lipinski definition) is 4. The number of esters is 1. The van der Waals surface area contributed by atoms with Crippen molar-refractivity contribution in [2.75, 3.05) is 18.1 Å². The normalized spacial score (nSPS) is 20.4. The monoisotopic (exact) mass is 678 g/mol. The second-order valence-corrected chi connectivity index (χ2v) is 13.0. The number of carbonyl (C=O) groups excluding carboxylic acids is 3. The van der Waals surface area contributed by atoms with Crippen LogP contribution in [0.15, 0.2) is 77.1 Å². The van der Waals surface area contributed by atoms with E-state index in [1.54, 1.807) is 0 Å². The molecule has 3 aromatic rings. The molecule has 1 saturated heterocycles. The van der Waals surface area contributed by atoms with Gasteiger partial charge in [-0.15, -0.1) is 11.8 Å². The number of aliphatic carboxylic acids is 1. The highest BCUT2D eigenvalue weighted by atomic mass is 32.2. The van der Waals surface area contributed by atoms with Gasteiger partial charge in [0.2, 0.25) is 17.1 Å². The third kappa shape index (κ3) is 6.31. The molecule has 14 nitrogen and oxygen atoms in total. The predicted octanol–water partition coefficient (Wildman–Crippen LogP) is 2.22. The number of hydrogen-bond acceptors (Lipinski definition) is 13. The van der Waals surface area contributed by atoms with Crippen molar-refractivity contribution in [1.82, 2.24) is 19.6 Å². The van der Waals surface area contributed by atoms with E-state index < -0.39 is 59.2 Å². The van der Waals surface area contributed by atoms with Crippen molar-refractivity contribution in [2.45, 2.75) is 48.8 Å². The van der Waals surface area contributed by atoms with E-state index in [0.29, 0.717) is 12.8 Å². The number of thioether (sulfide) groups is 1. The number of rotatable bonds is 11. The Balaban J connectivity index is 1.25. The highest BCUT2D eigenvalue weighted by Gasteiger charge is 2.54. The molecule has 0 unspecified atom stereocenters. The molecule has 2 atom stereocenters. The number of benzene rings is 2. The van der Waals surface area contributed by atoms with Gasteiger partial charge in [-0.2, -0.15) is 9.36 Å². The van der Waals surface area contributed by atoms with E-state index in [9.17, 15) is 29.4 Å². The third-order valence-corrected chi connectivity index (χ3v) is 10.0. The number of ether oxygens (including phenoxy) is 1. The van der Waals surface area contributed by atoms with Crippen molar-refractivity contribution in [1.29, 1.82) is 0 Å². The summed E-state index contributed by atoms with van der Waals surface area (Å²) in [4.78, 5) is 63.5. The summed E-state index contributed by atoms with van der Waals surface area (Å²) in [7, 11) is 0. The van der Waals surface area contributed by atoms with E-state index in [0.717, 1.165) is 27.6 Å². The zero-order valence-corrected chi connectivity index (χ0v) is 26.4. The summed E-state index contributed by atoms with van der Waals surface area (Å²) in [6.07, 6.45) is 1.12. The predicted molar refractivity (Wildman–Crippen MR) is 171 cm³/mol. The first-order chi connectivity index (χ1) is 22.7. The van der Waals surface area contributed by atoms with Crippen LogP contribution in [0.5, 0.6) is 0 Å². The number of oxime groups is 1. The van der Waals surface area contributed by atoms with Crippen LogP contribution in [0.2, 0.25) is 0 Å². The number of carbonyl (C=O) groups is 4. The van der Waals surface area contributed by atoms with E-state index in [4.69, 9.17) is 15.3 Å². The minimum atomic E-state index is -1.51. The Kier molecular flexibility index (Phi) is 9.24. The molecule has 1 aromatic heterocycles. The van der Waals surface area contributed by atoms with Crippen LogP contribution in [0.25, 0.3) is 0 Å². The van der Waals surface area contributed by atoms with Crippen LogP contribution in [-0.2, 0) is 28.8 Å². The first kappa shape index (κ1) is 32.2. The largest absolute Gasteiger partial charge is 0.477 e. The van der Waals surface area contributed by atoms with E-state index in [1.807, 2.05) is 60.7 Å². The third-order valence-electron chi connectivity index (χ3n) is 8.12. The van der Waals surface area contributed by atoms with Crippen molar-refractivity contribution in [3.8, 4) is 0 Å². The highest BCUT2D eigenvalue weighted by molar-refractivity contribution is 8.00. The van der Waals surface area contributed by atoms with Crippen molar-refractivity contribution in [2.24, 2.45) is 5.16 Å². The maximum atomic E-state index is 13.9. The molecule has 16 heteroatoms. The van der Waals surface area contributed by atoms with E-state index in [2.05, 4.69) is 19.8 Å². The topological polar surface area (TPSA) is 207 Å². The number of aliphatic hydroxyl groups excluding tert-OH is 1. The van der Waals surface area contributed by atoms with Gasteiger partial charge in [-0.05, 0) is 29.5 Å². The fourth-order valence-electron chi connectivity index (χ4n) is 5.74. The fourth-order valence-corrected chi connectivity index (χ4v) is 7.51. The summed E-state index contributed by atoms with van der Waals surface area (Å²) < 4.78 is 10.2. The number of carboxylic acid groups (broad SMARTS) is 1. The summed E-state index contributed by atoms with van der Waals surface area (Å²) in [5.41, 5.74) is 5.28. The molecule has 2 aromatic carbocycles. The molecule has 1 aliphatic carbocycles. The van der Waals surface area contributed by atoms with Crippen molar-refractivity contribution in [3.63, 3.8) is 0 Å². The van der Waals surface area contributed by atoms with Gasteiger partial charge >= 0.3 is 11.9 Å². The molecule has 3 heterocycles. The van der Waals surface area contributed by atoms with Crippen LogP contribution >= 0.6 is 23.3 Å². The number of β-lactam (4-membered cyclic amide) rings is 1. The van der Waals surface area contributed by atoms with Gasteiger partial charge < -0.3 is 30.8 Å². The van der Waals surface area contributed by atoms with Gasteiger partial charge in [-0.25, -0.2) is 9.59 Å². The van der Waals surface area contributed by atoms with Gasteiger partial charge in [0, 0.05) is 30.1 Å².